The molecule has 1 unspecified atom stereocenters. The minimum absolute atomic E-state index is 0.580. The molecule has 1 aromatic rings. The van der Waals surface area contributed by atoms with Crippen molar-refractivity contribution >= 4 is 21.6 Å². The molecule has 0 amide bonds. The zero-order valence-electron chi connectivity index (χ0n) is 11.8. The van der Waals surface area contributed by atoms with Gasteiger partial charge in [0.05, 0.1) is 11.6 Å². The summed E-state index contributed by atoms with van der Waals surface area (Å²) in [4.78, 5) is 2.53. The van der Waals surface area contributed by atoms with Crippen molar-refractivity contribution in [2.75, 3.05) is 32.1 Å². The van der Waals surface area contributed by atoms with Crippen LogP contribution in [0.1, 0.15) is 26.2 Å². The summed E-state index contributed by atoms with van der Waals surface area (Å²) in [5.41, 5.74) is 1.17. The van der Waals surface area contributed by atoms with Gasteiger partial charge in [-0.25, -0.2) is 0 Å². The van der Waals surface area contributed by atoms with Gasteiger partial charge in [-0.1, -0.05) is 6.92 Å². The van der Waals surface area contributed by atoms with Crippen molar-refractivity contribution in [3.63, 3.8) is 0 Å². The lowest BCUT2D eigenvalue weighted by Crippen LogP contribution is -2.26. The first-order valence-electron chi connectivity index (χ1n) is 7.05. The standard InChI is InChI=1S/C15H23BrN2O/c1-3-18-9-4-5-12(8-10-18)17-13-6-7-15(19-2)14(16)11-13/h6-7,11-12,17H,3-5,8-10H2,1-2H3. The Hall–Kier alpha value is -0.740. The van der Waals surface area contributed by atoms with Crippen molar-refractivity contribution < 1.29 is 4.74 Å². The van der Waals surface area contributed by atoms with Crippen LogP contribution in [0.5, 0.6) is 5.75 Å². The molecule has 1 atom stereocenters. The van der Waals surface area contributed by atoms with Gasteiger partial charge in [-0.05, 0) is 66.5 Å². The second kappa shape index (κ2) is 7.15. The van der Waals surface area contributed by atoms with Gasteiger partial charge in [-0.15, -0.1) is 0 Å². The van der Waals surface area contributed by atoms with Crippen LogP contribution in [0.4, 0.5) is 5.69 Å². The number of likely N-dealkylation sites (tertiary alicyclic amines) is 1. The first kappa shape index (κ1) is 14.7. The normalized spacial score (nSPS) is 20.9. The Morgan fingerprint density at radius 2 is 2.21 bits per heavy atom. The molecule has 19 heavy (non-hydrogen) atoms. The summed E-state index contributed by atoms with van der Waals surface area (Å²) in [6.45, 7) is 5.85. The number of methoxy groups -OCH3 is 1. The molecule has 1 fully saturated rings. The number of nitrogens with zero attached hydrogens (tertiary/aromatic N) is 1. The van der Waals surface area contributed by atoms with Gasteiger partial charge in [0.25, 0.3) is 0 Å². The Morgan fingerprint density at radius 3 is 2.89 bits per heavy atom. The molecule has 3 nitrogen and oxygen atoms in total. The Morgan fingerprint density at radius 1 is 1.37 bits per heavy atom. The predicted molar refractivity (Wildman–Crippen MR) is 84.1 cm³/mol. The molecule has 1 N–H and O–H groups in total. The quantitative estimate of drug-likeness (QED) is 0.912. The van der Waals surface area contributed by atoms with Gasteiger partial charge < -0.3 is 15.0 Å². The highest BCUT2D eigenvalue weighted by molar-refractivity contribution is 9.10. The van der Waals surface area contributed by atoms with E-state index in [2.05, 4.69) is 45.2 Å². The lowest BCUT2D eigenvalue weighted by molar-refractivity contribution is 0.300. The third-order valence-corrected chi connectivity index (χ3v) is 4.41. The van der Waals surface area contributed by atoms with Crippen molar-refractivity contribution in [2.45, 2.75) is 32.2 Å². The monoisotopic (exact) mass is 326 g/mol. The van der Waals surface area contributed by atoms with E-state index in [1.54, 1.807) is 7.11 Å². The van der Waals surface area contributed by atoms with Crippen molar-refractivity contribution in [3.8, 4) is 5.75 Å². The molecule has 1 aromatic carbocycles. The Balaban J connectivity index is 1.95. The smallest absolute Gasteiger partial charge is 0.133 e. The molecule has 0 aromatic heterocycles. The summed E-state index contributed by atoms with van der Waals surface area (Å²) in [5, 5.41) is 3.65. The summed E-state index contributed by atoms with van der Waals surface area (Å²) < 4.78 is 6.26. The van der Waals surface area contributed by atoms with Crippen LogP contribution in [0.2, 0.25) is 0 Å². The molecule has 0 saturated carbocycles. The lowest BCUT2D eigenvalue weighted by atomic mass is 10.1. The van der Waals surface area contributed by atoms with E-state index >= 15 is 0 Å². The van der Waals surface area contributed by atoms with E-state index < -0.39 is 0 Å². The Bertz CT molecular complexity index is 411. The third kappa shape index (κ3) is 4.11. The maximum atomic E-state index is 5.26. The van der Waals surface area contributed by atoms with E-state index in [-0.39, 0.29) is 0 Å². The van der Waals surface area contributed by atoms with Gasteiger partial charge in [0.1, 0.15) is 5.75 Å². The zero-order valence-corrected chi connectivity index (χ0v) is 13.4. The molecule has 2 rings (SSSR count). The molecule has 0 aliphatic carbocycles. The molecule has 1 heterocycles. The molecule has 0 spiro atoms. The van der Waals surface area contributed by atoms with Crippen LogP contribution in [0, 0.1) is 0 Å². The molecular weight excluding hydrogens is 304 g/mol. The fourth-order valence-corrected chi connectivity index (χ4v) is 3.15. The molecule has 4 heteroatoms. The fourth-order valence-electron chi connectivity index (χ4n) is 2.61. The van der Waals surface area contributed by atoms with Gasteiger partial charge in [-0.3, -0.25) is 0 Å². The van der Waals surface area contributed by atoms with Gasteiger partial charge in [0.15, 0.2) is 0 Å². The number of nitrogens with one attached hydrogen (secondary N) is 1. The number of benzene rings is 1. The minimum Gasteiger partial charge on any atom is -0.496 e. The lowest BCUT2D eigenvalue weighted by Gasteiger charge is -2.19. The number of anilines is 1. The van der Waals surface area contributed by atoms with Crippen molar-refractivity contribution in [3.05, 3.63) is 22.7 Å². The summed E-state index contributed by atoms with van der Waals surface area (Å²) in [6.07, 6.45) is 3.75. The molecule has 1 aliphatic heterocycles. The van der Waals surface area contributed by atoms with Crippen LogP contribution in [0.3, 0.4) is 0 Å². The zero-order chi connectivity index (χ0) is 13.7. The first-order chi connectivity index (χ1) is 9.22. The van der Waals surface area contributed by atoms with E-state index in [0.29, 0.717) is 6.04 Å². The topological polar surface area (TPSA) is 24.5 Å². The molecule has 1 saturated heterocycles. The highest BCUT2D eigenvalue weighted by atomic mass is 79.9. The molecular formula is C15H23BrN2O. The number of hydrogen-bond donors (Lipinski definition) is 1. The summed E-state index contributed by atoms with van der Waals surface area (Å²) >= 11 is 3.54. The number of ether oxygens (including phenoxy) is 1. The largest absolute Gasteiger partial charge is 0.496 e. The number of hydrogen-bond acceptors (Lipinski definition) is 3. The van der Waals surface area contributed by atoms with Gasteiger partial charge in [0, 0.05) is 18.3 Å². The average molecular weight is 327 g/mol. The van der Waals surface area contributed by atoms with Gasteiger partial charge in [-0.2, -0.15) is 0 Å². The highest BCUT2D eigenvalue weighted by Crippen LogP contribution is 2.28. The van der Waals surface area contributed by atoms with E-state index in [1.165, 1.54) is 44.6 Å². The summed E-state index contributed by atoms with van der Waals surface area (Å²) in [7, 11) is 1.69. The van der Waals surface area contributed by atoms with E-state index in [0.717, 1.165) is 10.2 Å². The summed E-state index contributed by atoms with van der Waals surface area (Å²) in [6, 6.07) is 6.77. The minimum atomic E-state index is 0.580. The van der Waals surface area contributed by atoms with Crippen LogP contribution in [-0.4, -0.2) is 37.7 Å². The second-order valence-corrected chi connectivity index (χ2v) is 5.91. The van der Waals surface area contributed by atoms with Crippen LogP contribution < -0.4 is 10.1 Å². The maximum Gasteiger partial charge on any atom is 0.133 e. The second-order valence-electron chi connectivity index (χ2n) is 5.06. The van der Waals surface area contributed by atoms with E-state index in [4.69, 9.17) is 4.74 Å². The molecule has 106 valence electrons. The highest BCUT2D eigenvalue weighted by Gasteiger charge is 2.16. The van der Waals surface area contributed by atoms with Crippen molar-refractivity contribution in [1.29, 1.82) is 0 Å². The Kier molecular flexibility index (Phi) is 5.52. The van der Waals surface area contributed by atoms with Crippen LogP contribution >= 0.6 is 15.9 Å². The average Bonchev–Trinajstić information content (AvgIpc) is 2.64. The molecule has 1 aliphatic rings. The van der Waals surface area contributed by atoms with Crippen molar-refractivity contribution in [2.24, 2.45) is 0 Å². The Labute approximate surface area is 124 Å². The van der Waals surface area contributed by atoms with Crippen LogP contribution in [-0.2, 0) is 0 Å². The summed E-state index contributed by atoms with van der Waals surface area (Å²) in [5.74, 6) is 0.878. The van der Waals surface area contributed by atoms with E-state index in [9.17, 15) is 0 Å². The van der Waals surface area contributed by atoms with Gasteiger partial charge in [0.2, 0.25) is 0 Å². The fraction of sp³-hybridized carbons (Fsp3) is 0.600. The maximum absolute atomic E-state index is 5.26. The first-order valence-corrected chi connectivity index (χ1v) is 7.84. The third-order valence-electron chi connectivity index (χ3n) is 3.79. The molecule has 0 bridgehead atoms. The predicted octanol–water partition coefficient (Wildman–Crippen LogP) is 3.74. The van der Waals surface area contributed by atoms with Gasteiger partial charge >= 0.3 is 0 Å². The van der Waals surface area contributed by atoms with Crippen LogP contribution in [0.25, 0.3) is 0 Å². The van der Waals surface area contributed by atoms with Crippen molar-refractivity contribution in [1.82, 2.24) is 4.90 Å². The number of halogens is 1. The van der Waals surface area contributed by atoms with Crippen LogP contribution in [0.15, 0.2) is 22.7 Å². The van der Waals surface area contributed by atoms with E-state index in [1.807, 2.05) is 6.07 Å². The number of rotatable bonds is 4. The SMILES string of the molecule is CCN1CCCC(Nc2ccc(OC)c(Br)c2)CC1. The molecule has 0 radical (unpaired) electrons.